The fourth-order valence-electron chi connectivity index (χ4n) is 5.83. The molecule has 10 nitrogen and oxygen atoms in total. The van der Waals surface area contributed by atoms with Crippen molar-refractivity contribution in [3.8, 4) is 11.1 Å². The number of hydrogen-bond donors (Lipinski definition) is 2. The molecule has 2 amide bonds. The van der Waals surface area contributed by atoms with Crippen LogP contribution in [0.4, 0.5) is 5.69 Å². The number of amides is 2. The molecule has 1 aromatic carbocycles. The summed E-state index contributed by atoms with van der Waals surface area (Å²) in [5, 5.41) is 15.1. The van der Waals surface area contributed by atoms with Crippen LogP contribution >= 0.6 is 11.8 Å². The Hall–Kier alpha value is -2.80. The lowest BCUT2D eigenvalue weighted by atomic mass is 9.79. The third-order valence-electron chi connectivity index (χ3n) is 8.32. The van der Waals surface area contributed by atoms with E-state index in [1.165, 1.54) is 0 Å². The number of hydrogen-bond acceptors (Lipinski definition) is 7. The number of rotatable bonds is 15. The van der Waals surface area contributed by atoms with Crippen LogP contribution in [0.2, 0.25) is 0 Å². The zero-order chi connectivity index (χ0) is 31.6. The molecule has 1 aliphatic rings. The van der Waals surface area contributed by atoms with Gasteiger partial charge in [0.1, 0.15) is 24.2 Å². The Balaban J connectivity index is 1.46. The summed E-state index contributed by atoms with van der Waals surface area (Å²) in [6.07, 6.45) is 9.77. The largest absolute Gasteiger partial charge is 0.617 e. The molecular weight excluding hydrogens is 597 g/mol. The molecule has 240 valence electrons. The molecule has 0 aliphatic heterocycles. The highest BCUT2D eigenvalue weighted by Gasteiger charge is 2.33. The molecule has 0 saturated heterocycles. The quantitative estimate of drug-likeness (QED) is 0.176. The summed E-state index contributed by atoms with van der Waals surface area (Å²) in [5.74, 6) is 1.59. The van der Waals surface area contributed by atoms with E-state index in [0.29, 0.717) is 49.4 Å². The molecule has 1 aliphatic carbocycles. The Morgan fingerprint density at radius 3 is 2.55 bits per heavy atom. The first-order chi connectivity index (χ1) is 21.2. The molecule has 44 heavy (non-hydrogen) atoms. The minimum Gasteiger partial charge on any atom is -0.617 e. The molecule has 0 bridgehead atoms. The van der Waals surface area contributed by atoms with Gasteiger partial charge in [-0.1, -0.05) is 43.1 Å². The Bertz CT molecular complexity index is 1370. The molecule has 1 unspecified atom stereocenters. The van der Waals surface area contributed by atoms with Crippen molar-refractivity contribution in [3.05, 3.63) is 53.6 Å². The Kier molecular flexibility index (Phi) is 12.8. The van der Waals surface area contributed by atoms with Gasteiger partial charge in [-0.25, -0.2) is 4.68 Å². The van der Waals surface area contributed by atoms with Crippen molar-refractivity contribution in [2.75, 3.05) is 35.9 Å². The number of carbonyl (C=O) groups is 2. The van der Waals surface area contributed by atoms with E-state index in [1.807, 2.05) is 42.8 Å². The van der Waals surface area contributed by atoms with Gasteiger partial charge in [-0.05, 0) is 68.5 Å². The number of aryl methyl sites for hydroxylation is 2. The highest BCUT2D eigenvalue weighted by Crippen LogP contribution is 2.32. The first kappa shape index (κ1) is 34.1. The number of aromatic nitrogens is 4. The molecular formula is C32H46N6O4S2. The summed E-state index contributed by atoms with van der Waals surface area (Å²) >= 11 is 0.843. The lowest BCUT2D eigenvalue weighted by Gasteiger charge is -2.32. The van der Waals surface area contributed by atoms with Crippen LogP contribution in [0.25, 0.3) is 11.1 Å². The van der Waals surface area contributed by atoms with E-state index in [0.717, 1.165) is 54.0 Å². The smallest absolute Gasteiger partial charge is 0.270 e. The van der Waals surface area contributed by atoms with Crippen molar-refractivity contribution >= 4 is 40.4 Å². The zero-order valence-corrected chi connectivity index (χ0v) is 28.1. The SMILES string of the molecule is CSCCOCn1nc(C)c(-c2ccc(NC(=O)[C@@H](NC(=O)c3ccnn3CCC[S+](C)[O-])[C@H]3CC[C@H](C)CC3)cc2)c1C. The molecule has 4 rings (SSSR count). The molecule has 2 heterocycles. The summed E-state index contributed by atoms with van der Waals surface area (Å²) in [6, 6.07) is 8.76. The van der Waals surface area contributed by atoms with E-state index < -0.39 is 17.2 Å². The first-order valence-corrected chi connectivity index (χ1v) is 18.4. The van der Waals surface area contributed by atoms with Gasteiger partial charge in [-0.2, -0.15) is 22.0 Å². The number of benzene rings is 1. The monoisotopic (exact) mass is 642 g/mol. The lowest BCUT2D eigenvalue weighted by molar-refractivity contribution is -0.119. The van der Waals surface area contributed by atoms with E-state index in [-0.39, 0.29) is 17.7 Å². The Morgan fingerprint density at radius 2 is 1.86 bits per heavy atom. The van der Waals surface area contributed by atoms with Gasteiger partial charge >= 0.3 is 0 Å². The number of anilines is 1. The van der Waals surface area contributed by atoms with Crippen LogP contribution in [0.15, 0.2) is 36.5 Å². The number of thioether (sulfide) groups is 1. The normalized spacial score (nSPS) is 18.1. The average Bonchev–Trinajstić information content (AvgIpc) is 3.58. The topological polar surface area (TPSA) is 126 Å². The summed E-state index contributed by atoms with van der Waals surface area (Å²) in [5.41, 5.74) is 5.09. The maximum absolute atomic E-state index is 13.7. The van der Waals surface area contributed by atoms with Crippen molar-refractivity contribution in [2.24, 2.45) is 11.8 Å². The molecule has 1 fully saturated rings. The van der Waals surface area contributed by atoms with Crippen molar-refractivity contribution in [1.82, 2.24) is 24.9 Å². The second-order valence-corrected chi connectivity index (χ2v) is 14.2. The lowest BCUT2D eigenvalue weighted by Crippen LogP contribution is -2.49. The van der Waals surface area contributed by atoms with Crippen molar-refractivity contribution in [1.29, 1.82) is 0 Å². The van der Waals surface area contributed by atoms with E-state index >= 15 is 0 Å². The van der Waals surface area contributed by atoms with E-state index in [9.17, 15) is 14.1 Å². The number of ether oxygens (including phenoxy) is 1. The van der Waals surface area contributed by atoms with Crippen LogP contribution in [-0.2, 0) is 34.0 Å². The molecule has 3 aromatic rings. The number of nitrogens with zero attached hydrogens (tertiary/aromatic N) is 4. The van der Waals surface area contributed by atoms with Crippen LogP contribution in [0.5, 0.6) is 0 Å². The highest BCUT2D eigenvalue weighted by atomic mass is 32.2. The van der Waals surface area contributed by atoms with Crippen LogP contribution in [0.3, 0.4) is 0 Å². The van der Waals surface area contributed by atoms with Crippen LogP contribution in [0.1, 0.15) is 60.9 Å². The van der Waals surface area contributed by atoms with E-state index in [4.69, 9.17) is 4.74 Å². The third-order valence-corrected chi connectivity index (χ3v) is 9.76. The first-order valence-electron chi connectivity index (χ1n) is 15.3. The molecule has 0 spiro atoms. The van der Waals surface area contributed by atoms with Gasteiger partial charge in [0.2, 0.25) is 5.91 Å². The highest BCUT2D eigenvalue weighted by molar-refractivity contribution is 7.98. The number of carbonyl (C=O) groups excluding carboxylic acids is 2. The van der Waals surface area contributed by atoms with Crippen LogP contribution < -0.4 is 10.6 Å². The van der Waals surface area contributed by atoms with Crippen molar-refractivity contribution in [2.45, 2.75) is 72.2 Å². The van der Waals surface area contributed by atoms with Gasteiger partial charge in [0.25, 0.3) is 5.91 Å². The summed E-state index contributed by atoms with van der Waals surface area (Å²) in [6.45, 7) is 7.84. The molecule has 1 saturated carbocycles. The molecule has 2 aromatic heterocycles. The average molecular weight is 643 g/mol. The maximum Gasteiger partial charge on any atom is 0.270 e. The maximum atomic E-state index is 13.7. The predicted molar refractivity (Wildman–Crippen MR) is 178 cm³/mol. The molecule has 2 atom stereocenters. The van der Waals surface area contributed by atoms with Gasteiger partial charge in [0, 0.05) is 41.9 Å². The van der Waals surface area contributed by atoms with Crippen LogP contribution in [0, 0.1) is 25.7 Å². The fourth-order valence-corrected chi connectivity index (χ4v) is 6.65. The predicted octanol–water partition coefficient (Wildman–Crippen LogP) is 5.03. The van der Waals surface area contributed by atoms with Gasteiger partial charge < -0.3 is 19.9 Å². The third kappa shape index (κ3) is 9.12. The zero-order valence-electron chi connectivity index (χ0n) is 26.5. The number of nitrogens with one attached hydrogen (secondary N) is 2. The molecule has 12 heteroatoms. The van der Waals surface area contributed by atoms with Crippen molar-refractivity contribution < 1.29 is 18.9 Å². The summed E-state index contributed by atoms with van der Waals surface area (Å²) in [4.78, 5) is 27.2. The van der Waals surface area contributed by atoms with Crippen molar-refractivity contribution in [3.63, 3.8) is 0 Å². The summed E-state index contributed by atoms with van der Waals surface area (Å²) in [7, 11) is 0. The Labute approximate surface area is 268 Å². The van der Waals surface area contributed by atoms with Gasteiger partial charge in [0.15, 0.2) is 0 Å². The second kappa shape index (κ2) is 16.5. The van der Waals surface area contributed by atoms with E-state index in [2.05, 4.69) is 34.0 Å². The van der Waals surface area contributed by atoms with Gasteiger partial charge in [-0.15, -0.1) is 0 Å². The minimum atomic E-state index is -0.906. The van der Waals surface area contributed by atoms with Crippen LogP contribution in [-0.4, -0.2) is 72.6 Å². The summed E-state index contributed by atoms with van der Waals surface area (Å²) < 4.78 is 20.7. The standard InChI is InChI=1S/C32H46N6O4S2/c1-22-7-9-26(10-8-22)30(35-31(39)28-15-16-33-37(28)17-6-20-44(5)41)32(40)34-27-13-11-25(12-14-27)29-23(2)36-38(24(29)3)21-42-18-19-43-4/h11-16,22,26,30H,6-10,17-21H2,1-5H3,(H,34,40)(H,35,39)/t22-,26-,30-,44?/m0/s1. The van der Waals surface area contributed by atoms with Gasteiger partial charge in [-0.3, -0.25) is 14.3 Å². The fraction of sp³-hybridized carbons (Fsp3) is 0.562. The molecule has 0 radical (unpaired) electrons. The second-order valence-electron chi connectivity index (χ2n) is 11.7. The van der Waals surface area contributed by atoms with E-state index in [1.54, 1.807) is 35.0 Å². The van der Waals surface area contributed by atoms with Gasteiger partial charge in [0.05, 0.1) is 18.6 Å². The Morgan fingerprint density at radius 1 is 1.14 bits per heavy atom. The minimum absolute atomic E-state index is 0.0441. The molecule has 2 N–H and O–H groups in total.